The molecule has 0 bridgehead atoms. The van der Waals surface area contributed by atoms with E-state index in [1.54, 1.807) is 0 Å². The van der Waals surface area contributed by atoms with E-state index in [0.717, 1.165) is 39.0 Å². The molecule has 7 aromatic rings. The highest BCUT2D eigenvalue weighted by molar-refractivity contribution is 5.97. The van der Waals surface area contributed by atoms with Crippen LogP contribution in [0.25, 0.3) is 55.2 Å². The number of nitriles is 1. The number of hydrogen-bond donors (Lipinski definition) is 0. The predicted octanol–water partition coefficient (Wildman–Crippen LogP) is 10.4. The molecule has 1 aliphatic heterocycles. The zero-order valence-corrected chi connectivity index (χ0v) is 25.5. The first-order valence-corrected chi connectivity index (χ1v) is 15.9. The van der Waals surface area contributed by atoms with Gasteiger partial charge in [-0.3, -0.25) is 0 Å². The Morgan fingerprint density at radius 1 is 0.574 bits per heavy atom. The first-order chi connectivity index (χ1) is 23.2. The van der Waals surface area contributed by atoms with Crippen molar-refractivity contribution < 1.29 is 0 Å². The third-order valence-corrected chi connectivity index (χ3v) is 9.43. The molecule has 2 heterocycles. The zero-order chi connectivity index (χ0) is 31.3. The molecule has 0 saturated heterocycles. The van der Waals surface area contributed by atoms with Gasteiger partial charge in [0.15, 0.2) is 0 Å². The fraction of sp³-hybridized carbons (Fsp3) is 0.0465. The lowest BCUT2D eigenvalue weighted by Crippen LogP contribution is -2.30. The van der Waals surface area contributed by atoms with Gasteiger partial charge in [0.25, 0.3) is 0 Å². The first kappa shape index (κ1) is 27.0. The van der Waals surface area contributed by atoms with E-state index >= 15 is 0 Å². The third-order valence-electron chi connectivity index (χ3n) is 9.43. The molecular formula is C43H28N4. The second-order valence-electron chi connectivity index (χ2n) is 12.2. The summed E-state index contributed by atoms with van der Waals surface area (Å²) in [7, 11) is 0. The number of allylic oxidation sites excluding steroid dienone is 2. The van der Waals surface area contributed by atoms with E-state index in [9.17, 15) is 5.26 Å². The van der Waals surface area contributed by atoms with E-state index in [4.69, 9.17) is 9.97 Å². The molecule has 220 valence electrons. The van der Waals surface area contributed by atoms with E-state index in [1.165, 1.54) is 27.5 Å². The lowest BCUT2D eigenvalue weighted by atomic mass is 9.90. The third kappa shape index (κ3) is 4.60. The standard InChI is InChI=1S/C43H28N4/c44-27-28-14-16-32(17-15-28)42-38-25-35(31-20-18-30(19-21-31)29-8-2-1-3-9-29)22-23-39(38)45-43(46-42)47-40-13-7-6-12-36(40)37-24-33-10-4-5-11-34(33)26-41(37)47/h1-26,36,40H. The van der Waals surface area contributed by atoms with Crippen LogP contribution in [0.5, 0.6) is 0 Å². The largest absolute Gasteiger partial charge is 0.302 e. The molecule has 2 unspecified atom stereocenters. The number of nitrogens with zero attached hydrogens (tertiary/aromatic N) is 4. The summed E-state index contributed by atoms with van der Waals surface area (Å²) in [6, 6.07) is 48.7. The maximum atomic E-state index is 9.50. The summed E-state index contributed by atoms with van der Waals surface area (Å²) in [4.78, 5) is 12.9. The van der Waals surface area contributed by atoms with E-state index in [2.05, 4.69) is 138 Å². The molecule has 9 rings (SSSR count). The minimum absolute atomic E-state index is 0.0699. The number of aromatic nitrogens is 2. The Kier molecular flexibility index (Phi) is 6.29. The second-order valence-corrected chi connectivity index (χ2v) is 12.2. The molecule has 6 aromatic carbocycles. The van der Waals surface area contributed by atoms with Crippen molar-refractivity contribution in [2.45, 2.75) is 12.0 Å². The molecule has 0 amide bonds. The maximum absolute atomic E-state index is 9.50. The van der Waals surface area contributed by atoms with Crippen molar-refractivity contribution in [1.82, 2.24) is 9.97 Å². The van der Waals surface area contributed by atoms with Crippen molar-refractivity contribution in [1.29, 1.82) is 5.26 Å². The topological polar surface area (TPSA) is 52.8 Å². The van der Waals surface area contributed by atoms with Crippen molar-refractivity contribution in [3.63, 3.8) is 0 Å². The van der Waals surface area contributed by atoms with Crippen molar-refractivity contribution in [3.8, 4) is 39.6 Å². The highest BCUT2D eigenvalue weighted by Gasteiger charge is 2.39. The summed E-state index contributed by atoms with van der Waals surface area (Å²) in [5.41, 5.74) is 10.3. The second kappa shape index (κ2) is 10.9. The van der Waals surface area contributed by atoms with Gasteiger partial charge in [-0.1, -0.05) is 121 Å². The van der Waals surface area contributed by atoms with Crippen LogP contribution >= 0.6 is 0 Å². The number of hydrogen-bond acceptors (Lipinski definition) is 4. The van der Waals surface area contributed by atoms with Crippen LogP contribution in [0.3, 0.4) is 0 Å². The van der Waals surface area contributed by atoms with Gasteiger partial charge in [0.05, 0.1) is 28.9 Å². The van der Waals surface area contributed by atoms with Crippen molar-refractivity contribution in [2.24, 2.45) is 0 Å². The fourth-order valence-corrected chi connectivity index (χ4v) is 7.06. The van der Waals surface area contributed by atoms with Gasteiger partial charge in [-0.05, 0) is 75.0 Å². The molecule has 0 saturated carbocycles. The van der Waals surface area contributed by atoms with Gasteiger partial charge in [0.2, 0.25) is 5.95 Å². The van der Waals surface area contributed by atoms with Crippen LogP contribution in [0.1, 0.15) is 17.0 Å². The first-order valence-electron chi connectivity index (χ1n) is 15.9. The molecule has 4 heteroatoms. The van der Waals surface area contributed by atoms with Crippen molar-refractivity contribution in [2.75, 3.05) is 4.90 Å². The van der Waals surface area contributed by atoms with Crippen LogP contribution in [0.4, 0.5) is 11.6 Å². The van der Waals surface area contributed by atoms with Crippen molar-refractivity contribution in [3.05, 3.63) is 169 Å². The number of fused-ring (bicyclic) bond motifs is 5. The molecule has 4 nitrogen and oxygen atoms in total. The monoisotopic (exact) mass is 600 g/mol. The number of benzene rings is 6. The SMILES string of the molecule is N#Cc1ccc(-c2nc(N3c4cc5ccccc5cc4C4C=CC=CC43)nc3ccc(-c4ccc(-c5ccccc5)cc4)cc23)cc1. The Morgan fingerprint density at radius 2 is 1.21 bits per heavy atom. The predicted molar refractivity (Wildman–Crippen MR) is 191 cm³/mol. The smallest absolute Gasteiger partial charge is 0.231 e. The van der Waals surface area contributed by atoms with Gasteiger partial charge in [0, 0.05) is 22.6 Å². The molecule has 47 heavy (non-hydrogen) atoms. The van der Waals surface area contributed by atoms with Crippen LogP contribution < -0.4 is 4.90 Å². The van der Waals surface area contributed by atoms with E-state index < -0.39 is 0 Å². The van der Waals surface area contributed by atoms with Gasteiger partial charge in [-0.2, -0.15) is 5.26 Å². The average molecular weight is 601 g/mol. The minimum atomic E-state index is 0.0699. The molecule has 1 aromatic heterocycles. The van der Waals surface area contributed by atoms with Crippen molar-refractivity contribution >= 4 is 33.3 Å². The van der Waals surface area contributed by atoms with Gasteiger partial charge in [-0.15, -0.1) is 0 Å². The molecule has 1 aliphatic carbocycles. The lowest BCUT2D eigenvalue weighted by molar-refractivity contribution is 0.731. The zero-order valence-electron chi connectivity index (χ0n) is 25.5. The van der Waals surface area contributed by atoms with Crippen LogP contribution in [0.2, 0.25) is 0 Å². The summed E-state index contributed by atoms with van der Waals surface area (Å²) in [5, 5.41) is 12.9. The Bertz CT molecular complexity index is 2420. The molecule has 0 N–H and O–H groups in total. The van der Waals surface area contributed by atoms with Crippen LogP contribution in [-0.2, 0) is 0 Å². The molecule has 2 atom stereocenters. The normalized spacial score (nSPS) is 16.3. The fourth-order valence-electron chi connectivity index (χ4n) is 7.06. The molecule has 0 radical (unpaired) electrons. The highest BCUT2D eigenvalue weighted by Crippen LogP contribution is 2.49. The Labute approximate surface area is 273 Å². The van der Waals surface area contributed by atoms with Gasteiger partial charge < -0.3 is 4.90 Å². The van der Waals surface area contributed by atoms with Gasteiger partial charge >= 0.3 is 0 Å². The maximum Gasteiger partial charge on any atom is 0.231 e. The van der Waals surface area contributed by atoms with Crippen LogP contribution in [0, 0.1) is 11.3 Å². The summed E-state index contributed by atoms with van der Waals surface area (Å²) >= 11 is 0. The van der Waals surface area contributed by atoms with Crippen LogP contribution in [-0.4, -0.2) is 16.0 Å². The Morgan fingerprint density at radius 3 is 1.98 bits per heavy atom. The van der Waals surface area contributed by atoms with E-state index in [-0.39, 0.29) is 12.0 Å². The van der Waals surface area contributed by atoms with Gasteiger partial charge in [-0.25, -0.2) is 9.97 Å². The number of anilines is 2. The quantitative estimate of drug-likeness (QED) is 0.202. The minimum Gasteiger partial charge on any atom is -0.302 e. The summed E-state index contributed by atoms with van der Waals surface area (Å²) in [6.45, 7) is 0. The lowest BCUT2D eigenvalue weighted by Gasteiger charge is -2.27. The highest BCUT2D eigenvalue weighted by atomic mass is 15.3. The molecule has 0 fully saturated rings. The van der Waals surface area contributed by atoms with Crippen LogP contribution in [0.15, 0.2) is 158 Å². The molecular weight excluding hydrogens is 573 g/mol. The summed E-state index contributed by atoms with van der Waals surface area (Å²) < 4.78 is 0. The Balaban J connectivity index is 1.21. The van der Waals surface area contributed by atoms with E-state index in [0.29, 0.717) is 11.5 Å². The summed E-state index contributed by atoms with van der Waals surface area (Å²) in [6.07, 6.45) is 8.81. The Hall–Kier alpha value is -6.31. The van der Waals surface area contributed by atoms with Gasteiger partial charge in [0.1, 0.15) is 0 Å². The molecule has 2 aliphatic rings. The molecule has 0 spiro atoms. The average Bonchev–Trinajstić information content (AvgIpc) is 3.47. The van der Waals surface area contributed by atoms with E-state index in [1.807, 2.05) is 30.3 Å². The summed E-state index contributed by atoms with van der Waals surface area (Å²) in [5.74, 6) is 0.874. The number of rotatable bonds is 4.